The van der Waals surface area contributed by atoms with Crippen LogP contribution in [0.5, 0.6) is 0 Å². The van der Waals surface area contributed by atoms with E-state index >= 15 is 0 Å². The lowest BCUT2D eigenvalue weighted by atomic mass is 10.0. The standard InChI is InChI=1S/C19H36N4O7S/c1-9(2)8-12(20)16(26)22-15(11(4)25)18(28)23-14(10(3)24)17(27)21-13(19(29)30)6-7-31-5/h9-15,24-25H,6-8,20H2,1-5H3,(H,21,27)(H,22,26)(H,23,28)(H,29,30). The highest BCUT2D eigenvalue weighted by molar-refractivity contribution is 7.98. The highest BCUT2D eigenvalue weighted by atomic mass is 32.2. The number of hydrogen-bond donors (Lipinski definition) is 7. The van der Waals surface area contributed by atoms with Gasteiger partial charge >= 0.3 is 5.97 Å². The molecule has 0 aliphatic rings. The van der Waals surface area contributed by atoms with E-state index in [0.29, 0.717) is 12.2 Å². The van der Waals surface area contributed by atoms with Crippen molar-refractivity contribution in [1.82, 2.24) is 16.0 Å². The average Bonchev–Trinajstić information content (AvgIpc) is 2.65. The molecule has 0 radical (unpaired) electrons. The molecule has 0 saturated heterocycles. The molecule has 0 aromatic rings. The van der Waals surface area contributed by atoms with Crippen LogP contribution in [0.25, 0.3) is 0 Å². The third-order valence-corrected chi connectivity index (χ3v) is 5.06. The number of aliphatic carboxylic acids is 1. The van der Waals surface area contributed by atoms with E-state index in [-0.39, 0.29) is 12.3 Å². The number of nitrogens with one attached hydrogen (secondary N) is 3. The first-order chi connectivity index (χ1) is 14.3. The van der Waals surface area contributed by atoms with Crippen molar-refractivity contribution in [2.75, 3.05) is 12.0 Å². The summed E-state index contributed by atoms with van der Waals surface area (Å²) in [4.78, 5) is 48.8. The van der Waals surface area contributed by atoms with Crippen LogP contribution in [0.2, 0.25) is 0 Å². The molecule has 0 aliphatic heterocycles. The van der Waals surface area contributed by atoms with Gasteiger partial charge in [0.25, 0.3) is 0 Å². The third kappa shape index (κ3) is 10.8. The molecule has 0 aromatic carbocycles. The van der Waals surface area contributed by atoms with E-state index in [0.717, 1.165) is 0 Å². The summed E-state index contributed by atoms with van der Waals surface area (Å²) >= 11 is 1.41. The minimum Gasteiger partial charge on any atom is -0.480 e. The predicted molar refractivity (Wildman–Crippen MR) is 117 cm³/mol. The van der Waals surface area contributed by atoms with Gasteiger partial charge in [-0.15, -0.1) is 0 Å². The molecule has 0 fully saturated rings. The van der Waals surface area contributed by atoms with Crippen LogP contribution in [0.4, 0.5) is 0 Å². The van der Waals surface area contributed by atoms with Crippen molar-refractivity contribution in [2.24, 2.45) is 11.7 Å². The van der Waals surface area contributed by atoms with E-state index < -0.39 is 60.1 Å². The van der Waals surface area contributed by atoms with Crippen molar-refractivity contribution in [3.63, 3.8) is 0 Å². The lowest BCUT2D eigenvalue weighted by molar-refractivity contribution is -0.143. The largest absolute Gasteiger partial charge is 0.480 e. The molecule has 0 aromatic heterocycles. The Morgan fingerprint density at radius 3 is 1.71 bits per heavy atom. The van der Waals surface area contributed by atoms with Gasteiger partial charge in [-0.25, -0.2) is 4.79 Å². The number of thioether (sulfide) groups is 1. The van der Waals surface area contributed by atoms with Gasteiger partial charge in [-0.05, 0) is 44.6 Å². The first-order valence-corrected chi connectivity index (χ1v) is 11.5. The van der Waals surface area contributed by atoms with Crippen LogP contribution in [-0.4, -0.2) is 87.4 Å². The van der Waals surface area contributed by atoms with E-state index in [1.54, 1.807) is 6.26 Å². The number of aliphatic hydroxyl groups excluding tert-OH is 2. The Hall–Kier alpha value is -1.89. The van der Waals surface area contributed by atoms with Crippen molar-refractivity contribution in [2.45, 2.75) is 76.9 Å². The van der Waals surface area contributed by atoms with E-state index in [4.69, 9.17) is 5.73 Å². The quantitative estimate of drug-likeness (QED) is 0.159. The maximum atomic E-state index is 12.6. The number of carbonyl (C=O) groups excluding carboxylic acids is 3. The zero-order valence-corrected chi connectivity index (χ0v) is 19.4. The lowest BCUT2D eigenvalue weighted by Crippen LogP contribution is -2.61. The molecule has 6 atom stereocenters. The summed E-state index contributed by atoms with van der Waals surface area (Å²) in [6, 6.07) is -5.00. The molecule has 0 bridgehead atoms. The first-order valence-electron chi connectivity index (χ1n) is 10.1. The minimum absolute atomic E-state index is 0.135. The van der Waals surface area contributed by atoms with Crippen molar-refractivity contribution < 1.29 is 34.5 Å². The van der Waals surface area contributed by atoms with Crippen LogP contribution in [-0.2, 0) is 19.2 Å². The van der Waals surface area contributed by atoms with Gasteiger partial charge in [0.05, 0.1) is 18.2 Å². The Labute approximate surface area is 186 Å². The molecule has 0 aliphatic carbocycles. The minimum atomic E-state index is -1.49. The van der Waals surface area contributed by atoms with Gasteiger partial charge in [0.1, 0.15) is 18.1 Å². The summed E-state index contributed by atoms with van der Waals surface area (Å²) in [5.41, 5.74) is 5.80. The number of rotatable bonds is 14. The lowest BCUT2D eigenvalue weighted by Gasteiger charge is -2.27. The molecular weight excluding hydrogens is 428 g/mol. The summed E-state index contributed by atoms with van der Waals surface area (Å²) in [5.74, 6) is -3.09. The van der Waals surface area contributed by atoms with Crippen LogP contribution in [0.15, 0.2) is 0 Å². The van der Waals surface area contributed by atoms with E-state index in [1.807, 2.05) is 13.8 Å². The second-order valence-corrected chi connectivity index (χ2v) is 8.86. The molecule has 0 saturated carbocycles. The van der Waals surface area contributed by atoms with Crippen LogP contribution in [0.1, 0.15) is 40.5 Å². The van der Waals surface area contributed by atoms with Crippen molar-refractivity contribution >= 4 is 35.5 Å². The van der Waals surface area contributed by atoms with Crippen LogP contribution in [0.3, 0.4) is 0 Å². The maximum absolute atomic E-state index is 12.6. The molecule has 0 spiro atoms. The van der Waals surface area contributed by atoms with E-state index in [9.17, 15) is 34.5 Å². The Bertz CT molecular complexity index is 616. The fourth-order valence-electron chi connectivity index (χ4n) is 2.68. The van der Waals surface area contributed by atoms with Gasteiger partial charge in [-0.1, -0.05) is 13.8 Å². The smallest absolute Gasteiger partial charge is 0.326 e. The molecule has 0 rings (SSSR count). The number of hydrogen-bond acceptors (Lipinski definition) is 8. The van der Waals surface area contributed by atoms with Crippen molar-refractivity contribution in [3.05, 3.63) is 0 Å². The molecule has 180 valence electrons. The highest BCUT2D eigenvalue weighted by Crippen LogP contribution is 2.06. The Morgan fingerprint density at radius 2 is 1.32 bits per heavy atom. The summed E-state index contributed by atoms with van der Waals surface area (Å²) in [5, 5.41) is 36.1. The molecule has 3 amide bonds. The van der Waals surface area contributed by atoms with Crippen molar-refractivity contribution in [1.29, 1.82) is 0 Å². The van der Waals surface area contributed by atoms with Gasteiger partial charge in [-0.2, -0.15) is 11.8 Å². The van der Waals surface area contributed by atoms with Crippen LogP contribution >= 0.6 is 11.8 Å². The molecule has 12 heteroatoms. The zero-order chi connectivity index (χ0) is 24.3. The second kappa shape index (κ2) is 14.2. The van der Waals surface area contributed by atoms with Crippen LogP contribution in [0, 0.1) is 5.92 Å². The van der Waals surface area contributed by atoms with Gasteiger partial charge in [0.2, 0.25) is 17.7 Å². The summed E-state index contributed by atoms with van der Waals surface area (Å²) < 4.78 is 0. The van der Waals surface area contributed by atoms with Gasteiger partial charge in [-0.3, -0.25) is 14.4 Å². The first kappa shape index (κ1) is 29.1. The summed E-state index contributed by atoms with van der Waals surface area (Å²) in [6.45, 7) is 6.28. The summed E-state index contributed by atoms with van der Waals surface area (Å²) in [6.07, 6.45) is -0.376. The number of carbonyl (C=O) groups is 4. The van der Waals surface area contributed by atoms with Gasteiger partial charge in [0.15, 0.2) is 0 Å². The number of nitrogens with two attached hydrogens (primary N) is 1. The zero-order valence-electron chi connectivity index (χ0n) is 18.6. The Balaban J connectivity index is 5.29. The number of amides is 3. The third-order valence-electron chi connectivity index (χ3n) is 4.41. The fourth-order valence-corrected chi connectivity index (χ4v) is 3.15. The number of carboxylic acids is 1. The maximum Gasteiger partial charge on any atom is 0.326 e. The molecule has 0 heterocycles. The monoisotopic (exact) mass is 464 g/mol. The van der Waals surface area contributed by atoms with Crippen molar-refractivity contribution in [3.8, 4) is 0 Å². The second-order valence-electron chi connectivity index (χ2n) is 7.87. The number of carboxylic acid groups (broad SMARTS) is 1. The predicted octanol–water partition coefficient (Wildman–Crippen LogP) is -1.59. The molecule has 6 unspecified atom stereocenters. The fraction of sp³-hybridized carbons (Fsp3) is 0.789. The SMILES string of the molecule is CSCCC(NC(=O)C(NC(=O)C(NC(=O)C(N)CC(C)C)C(C)O)C(C)O)C(=O)O. The van der Waals surface area contributed by atoms with Gasteiger partial charge in [0, 0.05) is 0 Å². The van der Waals surface area contributed by atoms with Gasteiger partial charge < -0.3 is 37.0 Å². The average molecular weight is 465 g/mol. The van der Waals surface area contributed by atoms with E-state index in [2.05, 4.69) is 16.0 Å². The Morgan fingerprint density at radius 1 is 0.871 bits per heavy atom. The molecule has 11 nitrogen and oxygen atoms in total. The van der Waals surface area contributed by atoms with E-state index in [1.165, 1.54) is 25.6 Å². The Kier molecular flexibility index (Phi) is 13.4. The van der Waals surface area contributed by atoms with Crippen LogP contribution < -0.4 is 21.7 Å². The topological polar surface area (TPSA) is 191 Å². The molecular formula is C19H36N4O7S. The summed E-state index contributed by atoms with van der Waals surface area (Å²) in [7, 11) is 0. The molecule has 8 N–H and O–H groups in total. The highest BCUT2D eigenvalue weighted by Gasteiger charge is 2.34. The molecule has 31 heavy (non-hydrogen) atoms. The normalized spacial score (nSPS) is 17.1. The number of aliphatic hydroxyl groups is 2.